The lowest BCUT2D eigenvalue weighted by Gasteiger charge is -2.05. The number of carboxylic acid groups (broad SMARTS) is 1. The maximum atomic E-state index is 11.2. The fraction of sp³-hybridized carbons (Fsp3) is 0.333. The minimum absolute atomic E-state index is 0.0387. The molecule has 5 heteroatoms. The monoisotopic (exact) mass is 254 g/mol. The molecule has 1 amide bonds. The molecule has 0 fully saturated rings. The zero-order valence-corrected chi connectivity index (χ0v) is 10.00. The molecule has 4 nitrogen and oxygen atoms in total. The van der Waals surface area contributed by atoms with Gasteiger partial charge in [0.05, 0.1) is 0 Å². The molecule has 0 aliphatic rings. The number of halogens is 1. The second kappa shape index (κ2) is 6.91. The maximum absolute atomic E-state index is 11.2. The Kier molecular flexibility index (Phi) is 5.49. The first-order chi connectivity index (χ1) is 8.08. The third kappa shape index (κ3) is 5.92. The average molecular weight is 255 g/mol. The van der Waals surface area contributed by atoms with Crippen molar-refractivity contribution in [2.24, 2.45) is 0 Å². The number of hydrogen-bond acceptors (Lipinski definition) is 3. The Morgan fingerprint density at radius 3 is 2.41 bits per heavy atom. The van der Waals surface area contributed by atoms with Gasteiger partial charge in [-0.25, -0.2) is 0 Å². The Labute approximate surface area is 105 Å². The van der Waals surface area contributed by atoms with Crippen LogP contribution in [0.2, 0.25) is 5.02 Å². The van der Waals surface area contributed by atoms with Gasteiger partial charge in [-0.2, -0.15) is 0 Å². The number of aliphatic carboxylic acids is 1. The van der Waals surface area contributed by atoms with Gasteiger partial charge < -0.3 is 15.2 Å². The Morgan fingerprint density at radius 1 is 1.18 bits per heavy atom. The van der Waals surface area contributed by atoms with Crippen LogP contribution in [0.25, 0.3) is 0 Å². The van der Waals surface area contributed by atoms with E-state index >= 15 is 0 Å². The molecule has 0 unspecified atom stereocenters. The average Bonchev–Trinajstić information content (AvgIpc) is 2.29. The lowest BCUT2D eigenvalue weighted by molar-refractivity contribution is -0.305. The van der Waals surface area contributed by atoms with Crippen molar-refractivity contribution >= 4 is 23.5 Å². The third-order valence-corrected chi connectivity index (χ3v) is 2.46. The Bertz CT molecular complexity index is 389. The first-order valence-corrected chi connectivity index (χ1v) is 5.66. The highest BCUT2D eigenvalue weighted by atomic mass is 35.5. The Morgan fingerprint density at radius 2 is 1.82 bits per heavy atom. The van der Waals surface area contributed by atoms with Crippen LogP contribution < -0.4 is 10.4 Å². The fourth-order valence-corrected chi connectivity index (χ4v) is 1.43. The molecule has 0 aromatic heterocycles. The molecule has 1 rings (SSSR count). The SMILES string of the molecule is O=C([O-])CCC(=O)NCCc1ccc(Cl)cc1. The van der Waals surface area contributed by atoms with E-state index in [-0.39, 0.29) is 18.7 Å². The van der Waals surface area contributed by atoms with Gasteiger partial charge in [-0.15, -0.1) is 0 Å². The zero-order valence-electron chi connectivity index (χ0n) is 9.24. The molecule has 17 heavy (non-hydrogen) atoms. The summed E-state index contributed by atoms with van der Waals surface area (Å²) in [5.74, 6) is -1.49. The summed E-state index contributed by atoms with van der Waals surface area (Å²) in [4.78, 5) is 21.3. The van der Waals surface area contributed by atoms with Crippen molar-refractivity contribution < 1.29 is 14.7 Å². The van der Waals surface area contributed by atoms with E-state index in [4.69, 9.17) is 11.6 Å². The summed E-state index contributed by atoms with van der Waals surface area (Å²) in [6.07, 6.45) is 0.407. The quantitative estimate of drug-likeness (QED) is 0.805. The number of nitrogens with one attached hydrogen (secondary N) is 1. The second-order valence-electron chi connectivity index (χ2n) is 3.60. The third-order valence-electron chi connectivity index (χ3n) is 2.21. The highest BCUT2D eigenvalue weighted by Gasteiger charge is 2.00. The van der Waals surface area contributed by atoms with Gasteiger partial charge in [0.25, 0.3) is 0 Å². The van der Waals surface area contributed by atoms with Gasteiger partial charge >= 0.3 is 0 Å². The number of carbonyl (C=O) groups is 2. The predicted molar refractivity (Wildman–Crippen MR) is 62.4 cm³/mol. The molecule has 92 valence electrons. The summed E-state index contributed by atoms with van der Waals surface area (Å²) in [6.45, 7) is 0.480. The first kappa shape index (κ1) is 13.5. The predicted octanol–water partition coefficient (Wildman–Crippen LogP) is 0.529. The van der Waals surface area contributed by atoms with Crippen LogP contribution in [0.3, 0.4) is 0 Å². The topological polar surface area (TPSA) is 69.2 Å². The largest absolute Gasteiger partial charge is 0.550 e. The molecular weight excluding hydrogens is 242 g/mol. The van der Waals surface area contributed by atoms with Gasteiger partial charge in [-0.1, -0.05) is 23.7 Å². The van der Waals surface area contributed by atoms with Gasteiger partial charge in [0.1, 0.15) is 0 Å². The van der Waals surface area contributed by atoms with Crippen LogP contribution in [0.5, 0.6) is 0 Å². The van der Waals surface area contributed by atoms with Crippen LogP contribution in [0.1, 0.15) is 18.4 Å². The zero-order chi connectivity index (χ0) is 12.7. The maximum Gasteiger partial charge on any atom is 0.220 e. The van der Waals surface area contributed by atoms with E-state index in [1.807, 2.05) is 12.1 Å². The van der Waals surface area contributed by atoms with Crippen molar-refractivity contribution in [3.05, 3.63) is 34.9 Å². The van der Waals surface area contributed by atoms with Crippen molar-refractivity contribution in [2.45, 2.75) is 19.3 Å². The highest BCUT2D eigenvalue weighted by Crippen LogP contribution is 2.09. The molecule has 1 aromatic carbocycles. The van der Waals surface area contributed by atoms with Crippen LogP contribution in [0.4, 0.5) is 0 Å². The van der Waals surface area contributed by atoms with E-state index in [2.05, 4.69) is 5.32 Å². The minimum Gasteiger partial charge on any atom is -0.550 e. The highest BCUT2D eigenvalue weighted by molar-refractivity contribution is 6.30. The van der Waals surface area contributed by atoms with E-state index in [9.17, 15) is 14.7 Å². The minimum atomic E-state index is -1.21. The molecule has 1 N–H and O–H groups in total. The van der Waals surface area contributed by atoms with Crippen molar-refractivity contribution in [1.82, 2.24) is 5.32 Å². The van der Waals surface area contributed by atoms with Crippen molar-refractivity contribution in [3.63, 3.8) is 0 Å². The standard InChI is InChI=1S/C12H14ClNO3/c13-10-3-1-9(2-4-10)7-8-14-11(15)5-6-12(16)17/h1-4H,5-8H2,(H,14,15)(H,16,17)/p-1. The second-order valence-corrected chi connectivity index (χ2v) is 4.03. The number of carboxylic acids is 1. The molecule has 1 aromatic rings. The van der Waals surface area contributed by atoms with E-state index < -0.39 is 5.97 Å². The van der Waals surface area contributed by atoms with Gasteiger partial charge in [0.15, 0.2) is 0 Å². The smallest absolute Gasteiger partial charge is 0.220 e. The number of benzene rings is 1. The summed E-state index contributed by atoms with van der Waals surface area (Å²) in [6, 6.07) is 7.34. The Balaban J connectivity index is 2.21. The van der Waals surface area contributed by atoms with Gasteiger partial charge in [-0.3, -0.25) is 4.79 Å². The summed E-state index contributed by atoms with van der Waals surface area (Å²) >= 11 is 5.74. The molecule has 0 spiro atoms. The molecule has 0 saturated heterocycles. The van der Waals surface area contributed by atoms with Crippen molar-refractivity contribution in [1.29, 1.82) is 0 Å². The molecule has 0 radical (unpaired) electrons. The van der Waals surface area contributed by atoms with E-state index in [1.54, 1.807) is 12.1 Å². The normalized spacial score (nSPS) is 9.94. The number of amides is 1. The van der Waals surface area contributed by atoms with Crippen LogP contribution in [0.15, 0.2) is 24.3 Å². The summed E-state index contributed by atoms with van der Waals surface area (Å²) in [5, 5.41) is 13.4. The lowest BCUT2D eigenvalue weighted by atomic mass is 10.1. The van der Waals surface area contributed by atoms with Crippen LogP contribution in [-0.2, 0) is 16.0 Å². The van der Waals surface area contributed by atoms with E-state index in [0.29, 0.717) is 18.0 Å². The van der Waals surface area contributed by atoms with Crippen LogP contribution >= 0.6 is 11.6 Å². The summed E-state index contributed by atoms with van der Waals surface area (Å²) in [7, 11) is 0. The molecule has 0 saturated carbocycles. The van der Waals surface area contributed by atoms with Gasteiger partial charge in [0, 0.05) is 24.0 Å². The lowest BCUT2D eigenvalue weighted by Crippen LogP contribution is -2.29. The number of hydrogen-bond donors (Lipinski definition) is 1. The van der Waals surface area contributed by atoms with Crippen molar-refractivity contribution in [2.75, 3.05) is 6.54 Å². The number of carbonyl (C=O) groups excluding carboxylic acids is 2. The number of rotatable bonds is 6. The van der Waals surface area contributed by atoms with Gasteiger partial charge in [-0.05, 0) is 30.5 Å². The molecule has 0 atom stereocenters. The van der Waals surface area contributed by atoms with Crippen molar-refractivity contribution in [3.8, 4) is 0 Å². The van der Waals surface area contributed by atoms with E-state index in [0.717, 1.165) is 5.56 Å². The van der Waals surface area contributed by atoms with E-state index in [1.165, 1.54) is 0 Å². The van der Waals surface area contributed by atoms with Crippen LogP contribution in [0, 0.1) is 0 Å². The molecule has 0 aliphatic heterocycles. The molecular formula is C12H13ClNO3-. The molecule has 0 bridgehead atoms. The first-order valence-electron chi connectivity index (χ1n) is 5.29. The summed E-state index contributed by atoms with van der Waals surface area (Å²) in [5.41, 5.74) is 1.06. The molecule has 0 aliphatic carbocycles. The molecule has 0 heterocycles. The van der Waals surface area contributed by atoms with Gasteiger partial charge in [0.2, 0.25) is 5.91 Å². The Hall–Kier alpha value is -1.55. The van der Waals surface area contributed by atoms with Crippen LogP contribution in [-0.4, -0.2) is 18.4 Å². The fourth-order valence-electron chi connectivity index (χ4n) is 1.30. The summed E-state index contributed by atoms with van der Waals surface area (Å²) < 4.78 is 0.